The van der Waals surface area contributed by atoms with E-state index in [1.807, 2.05) is 0 Å². The molecule has 0 bridgehead atoms. The van der Waals surface area contributed by atoms with Gasteiger partial charge in [0.2, 0.25) is 0 Å². The van der Waals surface area contributed by atoms with Crippen molar-refractivity contribution < 1.29 is 0 Å². The van der Waals surface area contributed by atoms with Crippen LogP contribution in [0.5, 0.6) is 0 Å². The van der Waals surface area contributed by atoms with Crippen molar-refractivity contribution in [3.63, 3.8) is 0 Å². The van der Waals surface area contributed by atoms with Crippen LogP contribution in [0.1, 0.15) is 38.7 Å². The number of anilines is 1. The van der Waals surface area contributed by atoms with Crippen molar-refractivity contribution in [3.8, 4) is 0 Å². The summed E-state index contributed by atoms with van der Waals surface area (Å²) in [7, 11) is 0. The van der Waals surface area contributed by atoms with Crippen LogP contribution < -0.4 is 5.32 Å². The molecular formula is C16H26N2. The maximum atomic E-state index is 3.50. The van der Waals surface area contributed by atoms with Gasteiger partial charge in [-0.25, -0.2) is 0 Å². The molecule has 1 saturated heterocycles. The fourth-order valence-corrected chi connectivity index (χ4v) is 2.36. The molecule has 1 heterocycles. The summed E-state index contributed by atoms with van der Waals surface area (Å²) in [5, 5.41) is 3.50. The molecule has 1 N–H and O–H groups in total. The quantitative estimate of drug-likeness (QED) is 0.822. The van der Waals surface area contributed by atoms with E-state index in [2.05, 4.69) is 48.3 Å². The molecule has 1 aliphatic heterocycles. The van der Waals surface area contributed by atoms with Crippen molar-refractivity contribution in [2.75, 3.05) is 25.0 Å². The van der Waals surface area contributed by atoms with Crippen LogP contribution >= 0.6 is 0 Å². The molecule has 100 valence electrons. The minimum atomic E-state index is 0.745. The van der Waals surface area contributed by atoms with E-state index in [-0.39, 0.29) is 0 Å². The molecule has 2 rings (SSSR count). The van der Waals surface area contributed by atoms with Crippen molar-refractivity contribution in [3.05, 3.63) is 29.8 Å². The van der Waals surface area contributed by atoms with E-state index < -0.39 is 0 Å². The van der Waals surface area contributed by atoms with Gasteiger partial charge in [-0.05, 0) is 49.5 Å². The molecule has 1 atom stereocenters. The molecule has 1 fully saturated rings. The zero-order valence-electron chi connectivity index (χ0n) is 11.8. The van der Waals surface area contributed by atoms with Gasteiger partial charge in [0.15, 0.2) is 0 Å². The van der Waals surface area contributed by atoms with Crippen molar-refractivity contribution in [1.82, 2.24) is 4.90 Å². The molecule has 2 nitrogen and oxygen atoms in total. The summed E-state index contributed by atoms with van der Waals surface area (Å²) in [6, 6.07) is 8.95. The minimum Gasteiger partial charge on any atom is -0.385 e. The number of rotatable bonds is 6. The molecule has 0 amide bonds. The topological polar surface area (TPSA) is 15.3 Å². The molecule has 0 aliphatic carbocycles. The highest BCUT2D eigenvalue weighted by Crippen LogP contribution is 2.15. The van der Waals surface area contributed by atoms with Crippen LogP contribution in [0, 0.1) is 5.92 Å². The summed E-state index contributed by atoms with van der Waals surface area (Å²) in [6.45, 7) is 9.26. The van der Waals surface area contributed by atoms with Crippen molar-refractivity contribution in [2.24, 2.45) is 5.92 Å². The highest BCUT2D eigenvalue weighted by molar-refractivity contribution is 5.44. The number of nitrogens with zero attached hydrogens (tertiary/aromatic N) is 1. The predicted octanol–water partition coefficient (Wildman–Crippen LogP) is 3.74. The third-order valence-corrected chi connectivity index (χ3v) is 3.91. The van der Waals surface area contributed by atoms with Crippen LogP contribution in [-0.4, -0.2) is 24.5 Å². The Morgan fingerprint density at radius 3 is 2.44 bits per heavy atom. The van der Waals surface area contributed by atoms with Gasteiger partial charge >= 0.3 is 0 Å². The van der Waals surface area contributed by atoms with Crippen LogP contribution in [0.3, 0.4) is 0 Å². The lowest BCUT2D eigenvalue weighted by atomic mass is 10.1. The van der Waals surface area contributed by atoms with E-state index in [1.54, 1.807) is 0 Å². The van der Waals surface area contributed by atoms with Crippen LogP contribution in [0.4, 0.5) is 5.69 Å². The summed E-state index contributed by atoms with van der Waals surface area (Å²) >= 11 is 0. The Labute approximate surface area is 111 Å². The van der Waals surface area contributed by atoms with Gasteiger partial charge in [0.25, 0.3) is 0 Å². The maximum Gasteiger partial charge on any atom is 0.0340 e. The third kappa shape index (κ3) is 4.02. The number of nitrogens with one attached hydrogen (secondary N) is 1. The largest absolute Gasteiger partial charge is 0.385 e. The fraction of sp³-hybridized carbons (Fsp3) is 0.625. The molecule has 0 saturated carbocycles. The normalized spacial score (nSPS) is 17.9. The second kappa shape index (κ2) is 6.79. The zero-order chi connectivity index (χ0) is 12.8. The van der Waals surface area contributed by atoms with E-state index >= 15 is 0 Å². The lowest BCUT2D eigenvalue weighted by Gasteiger charge is -2.15. The van der Waals surface area contributed by atoms with E-state index in [0.29, 0.717) is 0 Å². The smallest absolute Gasteiger partial charge is 0.0340 e. The Morgan fingerprint density at radius 2 is 1.83 bits per heavy atom. The number of hydrogen-bond acceptors (Lipinski definition) is 2. The second-order valence-corrected chi connectivity index (χ2v) is 5.57. The summed E-state index contributed by atoms with van der Waals surface area (Å²) < 4.78 is 0. The summed E-state index contributed by atoms with van der Waals surface area (Å²) in [4.78, 5) is 2.54. The van der Waals surface area contributed by atoms with Gasteiger partial charge in [-0.2, -0.15) is 0 Å². The first-order valence-corrected chi connectivity index (χ1v) is 7.33. The zero-order valence-corrected chi connectivity index (χ0v) is 11.8. The summed E-state index contributed by atoms with van der Waals surface area (Å²) in [5.41, 5.74) is 2.69. The molecule has 1 aliphatic rings. The van der Waals surface area contributed by atoms with Crippen molar-refractivity contribution in [1.29, 1.82) is 0 Å². The number of hydrogen-bond donors (Lipinski definition) is 1. The average Bonchev–Trinajstić information content (AvgIpc) is 2.90. The van der Waals surface area contributed by atoms with Gasteiger partial charge in [-0.3, -0.25) is 4.90 Å². The minimum absolute atomic E-state index is 0.745. The summed E-state index contributed by atoms with van der Waals surface area (Å²) in [6.07, 6.45) is 3.98. The average molecular weight is 246 g/mol. The maximum absolute atomic E-state index is 3.50. The first-order chi connectivity index (χ1) is 8.78. The highest BCUT2D eigenvalue weighted by Gasteiger charge is 2.11. The molecule has 1 aromatic carbocycles. The Kier molecular flexibility index (Phi) is 5.06. The first-order valence-electron chi connectivity index (χ1n) is 7.33. The Hall–Kier alpha value is -1.02. The molecule has 0 aromatic heterocycles. The van der Waals surface area contributed by atoms with E-state index in [4.69, 9.17) is 0 Å². The number of benzene rings is 1. The molecule has 1 unspecified atom stereocenters. The molecule has 0 spiro atoms. The predicted molar refractivity (Wildman–Crippen MR) is 78.9 cm³/mol. The second-order valence-electron chi connectivity index (χ2n) is 5.57. The highest BCUT2D eigenvalue weighted by atomic mass is 15.1. The lowest BCUT2D eigenvalue weighted by Crippen LogP contribution is -2.18. The summed E-state index contributed by atoms with van der Waals surface area (Å²) in [5.74, 6) is 0.745. The van der Waals surface area contributed by atoms with E-state index in [0.717, 1.165) is 19.0 Å². The third-order valence-electron chi connectivity index (χ3n) is 3.91. The molecule has 18 heavy (non-hydrogen) atoms. The monoisotopic (exact) mass is 246 g/mol. The molecular weight excluding hydrogens is 220 g/mol. The van der Waals surface area contributed by atoms with Crippen molar-refractivity contribution in [2.45, 2.75) is 39.7 Å². The standard InChI is InChI=1S/C16H26N2/c1-3-14(2)12-17-16-8-6-15(7-9-16)13-18-10-4-5-11-18/h6-9,14,17H,3-5,10-13H2,1-2H3. The van der Waals surface area contributed by atoms with Gasteiger partial charge in [0.05, 0.1) is 0 Å². The van der Waals surface area contributed by atoms with Gasteiger partial charge in [0.1, 0.15) is 0 Å². The fourth-order valence-electron chi connectivity index (χ4n) is 2.36. The van der Waals surface area contributed by atoms with E-state index in [1.165, 1.54) is 43.6 Å². The molecule has 0 radical (unpaired) electrons. The lowest BCUT2D eigenvalue weighted by molar-refractivity contribution is 0.331. The van der Waals surface area contributed by atoms with Gasteiger partial charge in [-0.1, -0.05) is 32.4 Å². The van der Waals surface area contributed by atoms with Crippen LogP contribution in [0.2, 0.25) is 0 Å². The van der Waals surface area contributed by atoms with E-state index in [9.17, 15) is 0 Å². The van der Waals surface area contributed by atoms with Gasteiger partial charge < -0.3 is 5.32 Å². The SMILES string of the molecule is CCC(C)CNc1ccc(CN2CCCC2)cc1. The van der Waals surface area contributed by atoms with Crippen LogP contribution in [-0.2, 0) is 6.54 Å². The Morgan fingerprint density at radius 1 is 1.17 bits per heavy atom. The Balaban J connectivity index is 1.81. The van der Waals surface area contributed by atoms with Crippen LogP contribution in [0.25, 0.3) is 0 Å². The van der Waals surface area contributed by atoms with Crippen LogP contribution in [0.15, 0.2) is 24.3 Å². The molecule has 1 aromatic rings. The first kappa shape index (κ1) is 13.4. The van der Waals surface area contributed by atoms with Crippen molar-refractivity contribution >= 4 is 5.69 Å². The van der Waals surface area contributed by atoms with Gasteiger partial charge in [-0.15, -0.1) is 0 Å². The molecule has 2 heteroatoms. The van der Waals surface area contributed by atoms with Gasteiger partial charge in [0, 0.05) is 18.8 Å². The Bertz CT molecular complexity index is 339. The number of likely N-dealkylation sites (tertiary alicyclic amines) is 1.